The first kappa shape index (κ1) is 22.5. The lowest BCUT2D eigenvalue weighted by Gasteiger charge is -2.26. The van der Waals surface area contributed by atoms with Gasteiger partial charge in [-0.25, -0.2) is 8.42 Å². The third-order valence-corrected chi connectivity index (χ3v) is 7.92. The van der Waals surface area contributed by atoms with Crippen molar-refractivity contribution in [3.05, 3.63) is 71.4 Å². The first-order valence-electron chi connectivity index (χ1n) is 11.4. The van der Waals surface area contributed by atoms with Gasteiger partial charge >= 0.3 is 0 Å². The van der Waals surface area contributed by atoms with Crippen molar-refractivity contribution in [1.82, 2.24) is 24.3 Å². The molecular weight excluding hydrogens is 450 g/mol. The maximum atomic E-state index is 13.4. The minimum atomic E-state index is -3.65. The maximum Gasteiger partial charge on any atom is 0.268 e. The van der Waals surface area contributed by atoms with Crippen LogP contribution in [0.5, 0.6) is 0 Å². The number of fused-ring (bicyclic) bond motifs is 1. The molecule has 0 unspecified atom stereocenters. The molecule has 9 heteroatoms. The second kappa shape index (κ2) is 8.81. The minimum absolute atomic E-state index is 0.206. The highest BCUT2D eigenvalue weighted by molar-refractivity contribution is 7.89. The first-order chi connectivity index (χ1) is 16.3. The Bertz CT molecular complexity index is 1410. The molecule has 0 radical (unpaired) electrons. The van der Waals surface area contributed by atoms with Crippen LogP contribution in [0.1, 0.15) is 30.7 Å². The molecule has 0 saturated carbocycles. The van der Waals surface area contributed by atoms with Crippen LogP contribution >= 0.6 is 0 Å². The highest BCUT2D eigenvalue weighted by Gasteiger charge is 2.33. The predicted molar refractivity (Wildman–Crippen MR) is 128 cm³/mol. The van der Waals surface area contributed by atoms with Gasteiger partial charge in [-0.05, 0) is 42.2 Å². The molecule has 1 aliphatic rings. The lowest BCUT2D eigenvalue weighted by atomic mass is 10.0. The summed E-state index contributed by atoms with van der Waals surface area (Å²) in [6.07, 6.45) is 1.48. The van der Waals surface area contributed by atoms with Crippen LogP contribution < -0.4 is 0 Å². The van der Waals surface area contributed by atoms with Gasteiger partial charge in [0.05, 0.1) is 4.90 Å². The monoisotopic (exact) mass is 477 g/mol. The minimum Gasteiger partial charge on any atom is -0.415 e. The van der Waals surface area contributed by atoms with Crippen molar-refractivity contribution >= 4 is 10.0 Å². The second-order valence-corrected chi connectivity index (χ2v) is 10.9. The fourth-order valence-corrected chi connectivity index (χ4v) is 5.79. The summed E-state index contributed by atoms with van der Waals surface area (Å²) in [5.41, 5.74) is 4.26. The molecule has 0 aliphatic carbocycles. The Labute approximate surface area is 199 Å². The van der Waals surface area contributed by atoms with Crippen LogP contribution in [0.4, 0.5) is 0 Å². The van der Waals surface area contributed by atoms with E-state index in [1.54, 1.807) is 16.8 Å². The molecule has 4 aromatic rings. The van der Waals surface area contributed by atoms with Crippen LogP contribution in [-0.4, -0.2) is 39.2 Å². The highest BCUT2D eigenvalue weighted by atomic mass is 32.2. The van der Waals surface area contributed by atoms with E-state index in [1.165, 1.54) is 4.31 Å². The Morgan fingerprint density at radius 3 is 2.41 bits per heavy atom. The molecule has 0 atom stereocenters. The molecule has 34 heavy (non-hydrogen) atoms. The van der Waals surface area contributed by atoms with Gasteiger partial charge in [0.15, 0.2) is 5.69 Å². The molecule has 0 saturated heterocycles. The summed E-state index contributed by atoms with van der Waals surface area (Å²) in [5, 5.41) is 13.0. The zero-order valence-corrected chi connectivity index (χ0v) is 20.3. The summed E-state index contributed by atoms with van der Waals surface area (Å²) in [4.78, 5) is 0.304. The Balaban J connectivity index is 1.44. The maximum absolute atomic E-state index is 13.4. The quantitative estimate of drug-likeness (QED) is 0.415. The van der Waals surface area contributed by atoms with Crippen molar-refractivity contribution < 1.29 is 12.8 Å². The Kier molecular flexibility index (Phi) is 5.83. The lowest BCUT2D eigenvalue weighted by molar-refractivity contribution is 0.386. The molecule has 5 rings (SSSR count). The van der Waals surface area contributed by atoms with E-state index < -0.39 is 10.0 Å². The van der Waals surface area contributed by atoms with E-state index in [1.807, 2.05) is 49.5 Å². The smallest absolute Gasteiger partial charge is 0.268 e. The fraction of sp³-hybridized carbons (Fsp3) is 0.320. The number of hydrogen-bond acceptors (Lipinski definition) is 6. The molecule has 0 spiro atoms. The van der Waals surface area contributed by atoms with Crippen molar-refractivity contribution in [2.75, 3.05) is 6.54 Å². The molecular formula is C25H27N5O3S. The van der Waals surface area contributed by atoms with Gasteiger partial charge in [0.25, 0.3) is 5.89 Å². The first-order valence-corrected chi connectivity index (χ1v) is 12.8. The summed E-state index contributed by atoms with van der Waals surface area (Å²) in [5.74, 6) is 1.20. The molecule has 2 aromatic carbocycles. The van der Waals surface area contributed by atoms with Crippen LogP contribution in [-0.2, 0) is 36.5 Å². The summed E-state index contributed by atoms with van der Waals surface area (Å²) < 4.78 is 36.0. The SMILES string of the molecule is CC(C)Cc1ccc(S(=O)(=O)N2CCc3c(c(-c4nnc(-c5ccccc5)o4)nn3C)C2)cc1. The highest BCUT2D eigenvalue weighted by Crippen LogP contribution is 2.33. The van der Waals surface area contributed by atoms with Crippen molar-refractivity contribution in [2.24, 2.45) is 13.0 Å². The molecule has 0 N–H and O–H groups in total. The molecule has 8 nitrogen and oxygen atoms in total. The van der Waals surface area contributed by atoms with E-state index in [0.717, 1.165) is 28.8 Å². The van der Waals surface area contributed by atoms with E-state index in [2.05, 4.69) is 29.1 Å². The molecule has 176 valence electrons. The number of benzene rings is 2. The molecule has 0 fully saturated rings. The summed E-state index contributed by atoms with van der Waals surface area (Å²) in [6.45, 7) is 4.89. The predicted octanol–water partition coefficient (Wildman–Crippen LogP) is 4.08. The Hall–Kier alpha value is -3.30. The standard InChI is InChI=1S/C25H27N5O3S/c1-17(2)15-18-9-11-20(12-10-18)34(31,32)30-14-13-22-21(16-30)23(28-29(22)3)25-27-26-24(33-25)19-7-5-4-6-8-19/h4-12,17H,13-16H2,1-3H3. The van der Waals surface area contributed by atoms with Crippen LogP contribution in [0.2, 0.25) is 0 Å². The second-order valence-electron chi connectivity index (χ2n) is 9.01. The molecule has 2 aromatic heterocycles. The largest absolute Gasteiger partial charge is 0.415 e. The number of sulfonamides is 1. The lowest BCUT2D eigenvalue weighted by Crippen LogP contribution is -2.36. The van der Waals surface area contributed by atoms with Gasteiger partial charge in [-0.3, -0.25) is 4.68 Å². The van der Waals surface area contributed by atoms with Crippen LogP contribution in [0.15, 0.2) is 63.9 Å². The van der Waals surface area contributed by atoms with Crippen LogP contribution in [0.3, 0.4) is 0 Å². The topological polar surface area (TPSA) is 94.1 Å². The van der Waals surface area contributed by atoms with Crippen molar-refractivity contribution in [3.8, 4) is 23.0 Å². The Morgan fingerprint density at radius 2 is 1.71 bits per heavy atom. The summed E-state index contributed by atoms with van der Waals surface area (Å²) >= 11 is 0. The van der Waals surface area contributed by atoms with Crippen LogP contribution in [0, 0.1) is 5.92 Å². The number of aromatic nitrogens is 4. The van der Waals surface area contributed by atoms with E-state index >= 15 is 0 Å². The number of nitrogens with zero attached hydrogens (tertiary/aromatic N) is 5. The van der Waals surface area contributed by atoms with Gasteiger partial charge in [0.1, 0.15) is 0 Å². The van der Waals surface area contributed by atoms with E-state index in [4.69, 9.17) is 4.42 Å². The molecule has 3 heterocycles. The van der Waals surface area contributed by atoms with Crippen molar-refractivity contribution in [1.29, 1.82) is 0 Å². The number of aryl methyl sites for hydroxylation is 1. The fourth-order valence-electron chi connectivity index (χ4n) is 4.38. The van der Waals surface area contributed by atoms with Crippen molar-refractivity contribution in [2.45, 2.75) is 38.1 Å². The zero-order chi connectivity index (χ0) is 23.9. The average Bonchev–Trinajstić information content (AvgIpc) is 3.44. The number of rotatable bonds is 6. The van der Waals surface area contributed by atoms with Gasteiger partial charge in [-0.15, -0.1) is 10.2 Å². The van der Waals surface area contributed by atoms with Gasteiger partial charge in [-0.2, -0.15) is 9.40 Å². The van der Waals surface area contributed by atoms with Gasteiger partial charge in [-0.1, -0.05) is 44.2 Å². The third kappa shape index (κ3) is 4.17. The van der Waals surface area contributed by atoms with Crippen molar-refractivity contribution in [3.63, 3.8) is 0 Å². The number of hydrogen-bond donors (Lipinski definition) is 0. The van der Waals surface area contributed by atoms with Crippen LogP contribution in [0.25, 0.3) is 23.0 Å². The average molecular weight is 478 g/mol. The summed E-state index contributed by atoms with van der Waals surface area (Å²) in [6, 6.07) is 16.7. The Morgan fingerprint density at radius 1 is 1.00 bits per heavy atom. The van der Waals surface area contributed by atoms with E-state index in [0.29, 0.717) is 35.4 Å². The van der Waals surface area contributed by atoms with E-state index in [-0.39, 0.29) is 12.4 Å². The normalized spacial score (nSPS) is 14.5. The molecule has 0 bridgehead atoms. The zero-order valence-electron chi connectivity index (χ0n) is 19.5. The summed E-state index contributed by atoms with van der Waals surface area (Å²) in [7, 11) is -1.79. The van der Waals surface area contributed by atoms with Gasteiger partial charge < -0.3 is 4.42 Å². The molecule has 1 aliphatic heterocycles. The third-order valence-electron chi connectivity index (χ3n) is 6.06. The van der Waals surface area contributed by atoms with Gasteiger partial charge in [0.2, 0.25) is 15.9 Å². The van der Waals surface area contributed by atoms with Gasteiger partial charge in [0, 0.05) is 43.4 Å². The molecule has 0 amide bonds. The van der Waals surface area contributed by atoms with E-state index in [9.17, 15) is 8.42 Å².